The van der Waals surface area contributed by atoms with Crippen LogP contribution in [0.2, 0.25) is 0 Å². The summed E-state index contributed by atoms with van der Waals surface area (Å²) >= 11 is 0. The summed E-state index contributed by atoms with van der Waals surface area (Å²) in [6.45, 7) is 4.42. The number of fused-ring (bicyclic) bond motifs is 1. The molecule has 0 aliphatic heterocycles. The number of aromatic nitrogens is 3. The van der Waals surface area contributed by atoms with Crippen molar-refractivity contribution < 1.29 is 0 Å². The molecular weight excluding hydrogens is 248 g/mol. The maximum absolute atomic E-state index is 4.88. The molecule has 0 atom stereocenters. The van der Waals surface area contributed by atoms with Crippen LogP contribution in [-0.4, -0.2) is 27.9 Å². The second-order valence-corrected chi connectivity index (χ2v) is 6.54. The van der Waals surface area contributed by atoms with Gasteiger partial charge >= 0.3 is 0 Å². The first-order valence-electron chi connectivity index (χ1n) is 7.76. The molecule has 0 unspecified atom stereocenters. The van der Waals surface area contributed by atoms with Crippen LogP contribution in [0.3, 0.4) is 0 Å². The number of hydrogen-bond acceptors (Lipinski definition) is 3. The fourth-order valence-electron chi connectivity index (χ4n) is 2.96. The molecule has 0 radical (unpaired) electrons. The number of hydrogen-bond donors (Lipinski definition) is 0. The fraction of sp³-hybridized carbons (Fsp3) is 0.625. The van der Waals surface area contributed by atoms with Gasteiger partial charge in [-0.2, -0.15) is 5.10 Å². The Labute approximate surface area is 119 Å². The molecule has 0 amide bonds. The summed E-state index contributed by atoms with van der Waals surface area (Å²) in [4.78, 5) is 7.40. The highest BCUT2D eigenvalue weighted by Gasteiger charge is 2.30. The zero-order valence-corrected chi connectivity index (χ0v) is 12.3. The Hall–Kier alpha value is -1.58. The van der Waals surface area contributed by atoms with Crippen LogP contribution in [0, 0.1) is 18.8 Å². The molecule has 0 spiro atoms. The van der Waals surface area contributed by atoms with Gasteiger partial charge in [-0.15, -0.1) is 0 Å². The average Bonchev–Trinajstić information content (AvgIpc) is 3.33. The first-order chi connectivity index (χ1) is 9.70. The minimum Gasteiger partial charge on any atom is -0.356 e. The molecule has 4 heteroatoms. The smallest absolute Gasteiger partial charge is 0.160 e. The molecule has 2 fully saturated rings. The second kappa shape index (κ2) is 4.47. The lowest BCUT2D eigenvalue weighted by molar-refractivity contribution is 0.671. The highest BCUT2D eigenvalue weighted by Crippen LogP contribution is 2.35. The SMILES string of the molecule is Cc1nn(C)c2nc(N(CC3CC3)CC3CC3)ccc12. The van der Waals surface area contributed by atoms with E-state index in [4.69, 9.17) is 4.98 Å². The van der Waals surface area contributed by atoms with Crippen molar-refractivity contribution in [2.75, 3.05) is 18.0 Å². The van der Waals surface area contributed by atoms with E-state index < -0.39 is 0 Å². The standard InChI is InChI=1S/C16H22N4/c1-11-14-7-8-15(17-16(14)19(2)18-11)20(9-12-3-4-12)10-13-5-6-13/h7-8,12-13H,3-6,9-10H2,1-2H3. The molecule has 2 aliphatic carbocycles. The third kappa shape index (κ3) is 2.28. The quantitative estimate of drug-likeness (QED) is 0.837. The van der Waals surface area contributed by atoms with Gasteiger partial charge in [0.2, 0.25) is 0 Å². The van der Waals surface area contributed by atoms with Crippen LogP contribution >= 0.6 is 0 Å². The van der Waals surface area contributed by atoms with E-state index in [9.17, 15) is 0 Å². The maximum Gasteiger partial charge on any atom is 0.160 e. The highest BCUT2D eigenvalue weighted by molar-refractivity contribution is 5.79. The van der Waals surface area contributed by atoms with Gasteiger partial charge in [0.15, 0.2) is 5.65 Å². The maximum atomic E-state index is 4.88. The van der Waals surface area contributed by atoms with Crippen LogP contribution in [0.1, 0.15) is 31.4 Å². The summed E-state index contributed by atoms with van der Waals surface area (Å²) in [5.41, 5.74) is 2.08. The average molecular weight is 270 g/mol. The van der Waals surface area contributed by atoms with Crippen molar-refractivity contribution in [2.45, 2.75) is 32.6 Å². The third-order valence-electron chi connectivity index (χ3n) is 4.53. The first kappa shape index (κ1) is 12.2. The topological polar surface area (TPSA) is 34.0 Å². The number of aryl methyl sites for hydroxylation is 2. The summed E-state index contributed by atoms with van der Waals surface area (Å²) in [5, 5.41) is 5.65. The summed E-state index contributed by atoms with van der Waals surface area (Å²) in [6, 6.07) is 4.37. The number of anilines is 1. The van der Waals surface area contributed by atoms with Gasteiger partial charge in [0.05, 0.1) is 5.69 Å². The zero-order valence-electron chi connectivity index (χ0n) is 12.3. The van der Waals surface area contributed by atoms with Crippen LogP contribution < -0.4 is 4.90 Å². The molecule has 2 aromatic heterocycles. The van der Waals surface area contributed by atoms with Crippen LogP contribution in [0.5, 0.6) is 0 Å². The zero-order chi connectivity index (χ0) is 13.7. The molecule has 0 aromatic carbocycles. The van der Waals surface area contributed by atoms with Crippen molar-refractivity contribution in [3.8, 4) is 0 Å². The van der Waals surface area contributed by atoms with E-state index in [-0.39, 0.29) is 0 Å². The molecule has 106 valence electrons. The molecule has 0 bridgehead atoms. The van der Waals surface area contributed by atoms with E-state index in [1.54, 1.807) is 0 Å². The summed E-state index contributed by atoms with van der Waals surface area (Å²) < 4.78 is 1.90. The molecule has 4 nitrogen and oxygen atoms in total. The molecular formula is C16H22N4. The Morgan fingerprint density at radius 2 is 1.80 bits per heavy atom. The molecule has 2 saturated carbocycles. The van der Waals surface area contributed by atoms with E-state index in [0.29, 0.717) is 0 Å². The van der Waals surface area contributed by atoms with Crippen molar-refractivity contribution in [2.24, 2.45) is 18.9 Å². The molecule has 2 heterocycles. The van der Waals surface area contributed by atoms with Crippen molar-refractivity contribution >= 4 is 16.9 Å². The Kier molecular flexibility index (Phi) is 2.72. The minimum absolute atomic E-state index is 0.902. The Balaban J connectivity index is 1.67. The molecule has 2 aliphatic rings. The van der Waals surface area contributed by atoms with Crippen LogP contribution in [-0.2, 0) is 7.05 Å². The van der Waals surface area contributed by atoms with Gasteiger partial charge in [-0.3, -0.25) is 4.68 Å². The highest BCUT2D eigenvalue weighted by atomic mass is 15.3. The Bertz CT molecular complexity index is 623. The van der Waals surface area contributed by atoms with Crippen molar-refractivity contribution in [1.82, 2.24) is 14.8 Å². The van der Waals surface area contributed by atoms with Gasteiger partial charge < -0.3 is 4.90 Å². The van der Waals surface area contributed by atoms with Crippen molar-refractivity contribution in [3.05, 3.63) is 17.8 Å². The molecule has 0 saturated heterocycles. The summed E-state index contributed by atoms with van der Waals surface area (Å²) in [6.07, 6.45) is 5.59. The minimum atomic E-state index is 0.902. The van der Waals surface area contributed by atoms with Crippen LogP contribution in [0.25, 0.3) is 11.0 Å². The fourth-order valence-corrected chi connectivity index (χ4v) is 2.96. The van der Waals surface area contributed by atoms with Gasteiger partial charge in [-0.1, -0.05) is 0 Å². The largest absolute Gasteiger partial charge is 0.356 e. The first-order valence-corrected chi connectivity index (χ1v) is 7.76. The lowest BCUT2D eigenvalue weighted by Gasteiger charge is -2.23. The van der Waals surface area contributed by atoms with Crippen molar-refractivity contribution in [1.29, 1.82) is 0 Å². The van der Waals surface area contributed by atoms with Crippen LogP contribution in [0.15, 0.2) is 12.1 Å². The van der Waals surface area contributed by atoms with Gasteiger partial charge in [-0.05, 0) is 56.6 Å². The van der Waals surface area contributed by atoms with Gasteiger partial charge in [0, 0.05) is 25.5 Å². The van der Waals surface area contributed by atoms with E-state index in [1.807, 2.05) is 11.7 Å². The van der Waals surface area contributed by atoms with Gasteiger partial charge in [0.25, 0.3) is 0 Å². The van der Waals surface area contributed by atoms with E-state index in [2.05, 4.69) is 29.1 Å². The molecule has 4 rings (SSSR count). The predicted octanol–water partition coefficient (Wildman–Crippen LogP) is 2.90. The summed E-state index contributed by atoms with van der Waals surface area (Å²) in [7, 11) is 1.98. The molecule has 2 aromatic rings. The van der Waals surface area contributed by atoms with E-state index in [0.717, 1.165) is 29.0 Å². The lowest BCUT2D eigenvalue weighted by atomic mass is 10.2. The summed E-state index contributed by atoms with van der Waals surface area (Å²) in [5.74, 6) is 2.94. The molecule has 0 N–H and O–H groups in total. The molecule has 20 heavy (non-hydrogen) atoms. The predicted molar refractivity (Wildman–Crippen MR) is 80.9 cm³/mol. The number of nitrogens with zero attached hydrogens (tertiary/aromatic N) is 4. The number of pyridine rings is 1. The number of rotatable bonds is 5. The Morgan fingerprint density at radius 1 is 1.15 bits per heavy atom. The van der Waals surface area contributed by atoms with Crippen molar-refractivity contribution in [3.63, 3.8) is 0 Å². The van der Waals surface area contributed by atoms with E-state index >= 15 is 0 Å². The van der Waals surface area contributed by atoms with Gasteiger partial charge in [0.1, 0.15) is 5.82 Å². The third-order valence-corrected chi connectivity index (χ3v) is 4.53. The second-order valence-electron chi connectivity index (χ2n) is 6.54. The lowest BCUT2D eigenvalue weighted by Crippen LogP contribution is -2.28. The normalized spacial score (nSPS) is 18.7. The monoisotopic (exact) mass is 270 g/mol. The van der Waals surface area contributed by atoms with Gasteiger partial charge in [-0.25, -0.2) is 4.98 Å². The van der Waals surface area contributed by atoms with E-state index in [1.165, 1.54) is 44.2 Å². The Morgan fingerprint density at radius 3 is 2.40 bits per heavy atom. The van der Waals surface area contributed by atoms with Crippen LogP contribution in [0.4, 0.5) is 5.82 Å².